The molecule has 0 fully saturated rings. The van der Waals surface area contributed by atoms with E-state index in [4.69, 9.17) is 9.47 Å². The van der Waals surface area contributed by atoms with Gasteiger partial charge in [-0.05, 0) is 43.3 Å². The van der Waals surface area contributed by atoms with Crippen LogP contribution in [0.2, 0.25) is 0 Å². The number of nitrogens with one attached hydrogen (secondary N) is 1. The molecule has 1 atom stereocenters. The highest BCUT2D eigenvalue weighted by atomic mass is 16.5. The Labute approximate surface area is 123 Å². The fourth-order valence-corrected chi connectivity index (χ4v) is 1.88. The minimum atomic E-state index is -0.639. The predicted molar refractivity (Wildman–Crippen MR) is 80.2 cm³/mol. The number of carbonyl (C=O) groups excluding carboxylic acids is 1. The number of anilines is 1. The van der Waals surface area contributed by atoms with Gasteiger partial charge in [0.1, 0.15) is 5.75 Å². The van der Waals surface area contributed by atoms with Crippen LogP contribution in [0.4, 0.5) is 5.69 Å². The van der Waals surface area contributed by atoms with Gasteiger partial charge in [-0.2, -0.15) is 0 Å². The number of hydrogen-bond acceptors (Lipinski definition) is 5. The van der Waals surface area contributed by atoms with Crippen LogP contribution < -0.4 is 10.1 Å². The number of ether oxygens (including phenoxy) is 2. The summed E-state index contributed by atoms with van der Waals surface area (Å²) in [5.41, 5.74) is 1.41. The molecule has 110 valence electrons. The predicted octanol–water partition coefficient (Wildman–Crippen LogP) is 2.81. The van der Waals surface area contributed by atoms with Gasteiger partial charge >= 0.3 is 5.97 Å². The van der Waals surface area contributed by atoms with Gasteiger partial charge in [-0.1, -0.05) is 6.07 Å². The largest absolute Gasteiger partial charge is 0.497 e. The van der Waals surface area contributed by atoms with E-state index in [0.717, 1.165) is 11.4 Å². The summed E-state index contributed by atoms with van der Waals surface area (Å²) in [6.45, 7) is 2.10. The lowest BCUT2D eigenvalue weighted by atomic mass is 10.1. The van der Waals surface area contributed by atoms with Crippen molar-refractivity contribution in [1.29, 1.82) is 0 Å². The van der Waals surface area contributed by atoms with Gasteiger partial charge in [0.05, 0.1) is 19.4 Å². The molecule has 0 unspecified atom stereocenters. The average molecular weight is 286 g/mol. The molecule has 1 N–H and O–H groups in total. The molecule has 5 heteroatoms. The van der Waals surface area contributed by atoms with Crippen molar-refractivity contribution in [3.63, 3.8) is 0 Å². The van der Waals surface area contributed by atoms with Gasteiger partial charge in [0, 0.05) is 11.9 Å². The summed E-state index contributed by atoms with van der Waals surface area (Å²) in [7, 11) is 1.61. The zero-order valence-corrected chi connectivity index (χ0v) is 12.1. The minimum absolute atomic E-state index is 0.326. The van der Waals surface area contributed by atoms with E-state index in [1.54, 1.807) is 32.4 Å². The zero-order chi connectivity index (χ0) is 15.1. The molecule has 2 rings (SSSR count). The van der Waals surface area contributed by atoms with Crippen LogP contribution in [0.1, 0.15) is 18.7 Å². The molecular formula is C16H18N2O3. The Bertz CT molecular complexity index is 570. The van der Waals surface area contributed by atoms with Crippen LogP contribution >= 0.6 is 0 Å². The van der Waals surface area contributed by atoms with Crippen molar-refractivity contribution < 1.29 is 14.3 Å². The second kappa shape index (κ2) is 7.28. The number of rotatable bonds is 6. The van der Waals surface area contributed by atoms with E-state index in [1.807, 2.05) is 30.3 Å². The lowest BCUT2D eigenvalue weighted by Crippen LogP contribution is -2.24. The van der Waals surface area contributed by atoms with Crippen LogP contribution in [0.5, 0.6) is 5.75 Å². The van der Waals surface area contributed by atoms with Crippen LogP contribution in [0.25, 0.3) is 0 Å². The zero-order valence-electron chi connectivity index (χ0n) is 12.1. The van der Waals surface area contributed by atoms with E-state index < -0.39 is 6.04 Å². The lowest BCUT2D eigenvalue weighted by molar-refractivity contribution is -0.144. The van der Waals surface area contributed by atoms with Crippen molar-refractivity contribution in [2.75, 3.05) is 19.0 Å². The molecule has 0 aliphatic carbocycles. The van der Waals surface area contributed by atoms with Gasteiger partial charge in [-0.3, -0.25) is 4.98 Å². The fraction of sp³-hybridized carbons (Fsp3) is 0.250. The molecule has 1 heterocycles. The van der Waals surface area contributed by atoms with Crippen LogP contribution in [0.3, 0.4) is 0 Å². The quantitative estimate of drug-likeness (QED) is 0.827. The number of esters is 1. The summed E-state index contributed by atoms with van der Waals surface area (Å²) < 4.78 is 10.2. The van der Waals surface area contributed by atoms with Crippen molar-refractivity contribution in [3.05, 3.63) is 54.4 Å². The SMILES string of the molecule is CCOC(=O)[C@@H](Nc1ccc(OC)cc1)c1ccccn1. The van der Waals surface area contributed by atoms with Gasteiger partial charge in [-0.25, -0.2) is 4.79 Å². The van der Waals surface area contributed by atoms with Crippen molar-refractivity contribution >= 4 is 11.7 Å². The van der Waals surface area contributed by atoms with Crippen LogP contribution in [-0.4, -0.2) is 24.7 Å². The minimum Gasteiger partial charge on any atom is -0.497 e. The number of aromatic nitrogens is 1. The molecule has 0 bridgehead atoms. The lowest BCUT2D eigenvalue weighted by Gasteiger charge is -2.18. The summed E-state index contributed by atoms with van der Waals surface area (Å²) in [6.07, 6.45) is 1.65. The first-order valence-corrected chi connectivity index (χ1v) is 6.72. The Morgan fingerprint density at radius 1 is 1.24 bits per heavy atom. The molecule has 0 aliphatic heterocycles. The van der Waals surface area contributed by atoms with Crippen LogP contribution in [0.15, 0.2) is 48.7 Å². The molecular weight excluding hydrogens is 268 g/mol. The van der Waals surface area contributed by atoms with Gasteiger partial charge in [0.2, 0.25) is 0 Å². The maximum Gasteiger partial charge on any atom is 0.334 e. The van der Waals surface area contributed by atoms with E-state index in [9.17, 15) is 4.79 Å². The molecule has 0 aliphatic rings. The normalized spacial score (nSPS) is 11.5. The number of pyridine rings is 1. The van der Waals surface area contributed by atoms with Crippen molar-refractivity contribution in [2.24, 2.45) is 0 Å². The van der Waals surface area contributed by atoms with E-state index in [2.05, 4.69) is 10.3 Å². The first-order chi connectivity index (χ1) is 10.2. The molecule has 0 saturated carbocycles. The molecule has 0 amide bonds. The second-order valence-corrected chi connectivity index (χ2v) is 4.31. The molecule has 1 aromatic carbocycles. The number of nitrogens with zero attached hydrogens (tertiary/aromatic N) is 1. The highest BCUT2D eigenvalue weighted by Crippen LogP contribution is 2.21. The van der Waals surface area contributed by atoms with Gasteiger partial charge in [0.25, 0.3) is 0 Å². The molecule has 5 nitrogen and oxygen atoms in total. The summed E-state index contributed by atoms with van der Waals surface area (Å²) in [6, 6.07) is 12.1. The van der Waals surface area contributed by atoms with Gasteiger partial charge < -0.3 is 14.8 Å². The molecule has 0 spiro atoms. The number of carbonyl (C=O) groups is 1. The maximum atomic E-state index is 12.1. The first-order valence-electron chi connectivity index (χ1n) is 6.72. The smallest absolute Gasteiger partial charge is 0.334 e. The third-order valence-electron chi connectivity index (χ3n) is 2.91. The van der Waals surface area contributed by atoms with Crippen LogP contribution in [-0.2, 0) is 9.53 Å². The molecule has 2 aromatic rings. The number of hydrogen-bond donors (Lipinski definition) is 1. The first kappa shape index (κ1) is 14.8. The van der Waals surface area contributed by atoms with Gasteiger partial charge in [0.15, 0.2) is 6.04 Å². The van der Waals surface area contributed by atoms with E-state index >= 15 is 0 Å². The third-order valence-corrected chi connectivity index (χ3v) is 2.91. The number of benzene rings is 1. The Morgan fingerprint density at radius 3 is 2.57 bits per heavy atom. The Kier molecular flexibility index (Phi) is 5.15. The summed E-state index contributed by atoms with van der Waals surface area (Å²) in [4.78, 5) is 16.3. The Morgan fingerprint density at radius 2 is 2.00 bits per heavy atom. The van der Waals surface area contributed by atoms with E-state index in [0.29, 0.717) is 12.3 Å². The third kappa shape index (κ3) is 3.95. The van der Waals surface area contributed by atoms with Crippen LogP contribution in [0, 0.1) is 0 Å². The van der Waals surface area contributed by atoms with E-state index in [1.165, 1.54) is 0 Å². The summed E-state index contributed by atoms with van der Waals surface area (Å²) >= 11 is 0. The average Bonchev–Trinajstić information content (AvgIpc) is 2.54. The van der Waals surface area contributed by atoms with E-state index in [-0.39, 0.29) is 5.97 Å². The monoisotopic (exact) mass is 286 g/mol. The topological polar surface area (TPSA) is 60.5 Å². The summed E-state index contributed by atoms with van der Waals surface area (Å²) in [5.74, 6) is 0.401. The highest BCUT2D eigenvalue weighted by Gasteiger charge is 2.22. The molecule has 21 heavy (non-hydrogen) atoms. The van der Waals surface area contributed by atoms with Crippen molar-refractivity contribution in [1.82, 2.24) is 4.98 Å². The van der Waals surface area contributed by atoms with Gasteiger partial charge in [-0.15, -0.1) is 0 Å². The molecule has 0 radical (unpaired) electrons. The number of methoxy groups -OCH3 is 1. The van der Waals surface area contributed by atoms with Crippen molar-refractivity contribution in [2.45, 2.75) is 13.0 Å². The molecule has 1 aromatic heterocycles. The molecule has 0 saturated heterocycles. The Hall–Kier alpha value is -2.56. The maximum absolute atomic E-state index is 12.1. The fourth-order valence-electron chi connectivity index (χ4n) is 1.88. The second-order valence-electron chi connectivity index (χ2n) is 4.31. The Balaban J connectivity index is 2.21. The van der Waals surface area contributed by atoms with Crippen molar-refractivity contribution in [3.8, 4) is 5.75 Å². The highest BCUT2D eigenvalue weighted by molar-refractivity contribution is 5.80. The standard InChI is InChI=1S/C16H18N2O3/c1-3-21-16(19)15(14-6-4-5-11-17-14)18-12-7-9-13(20-2)10-8-12/h4-11,15,18H,3H2,1-2H3/t15-/m0/s1. The summed E-state index contributed by atoms with van der Waals surface area (Å²) in [5, 5.41) is 3.14.